The van der Waals surface area contributed by atoms with Crippen LogP contribution in [0.4, 0.5) is 0 Å². The van der Waals surface area contributed by atoms with Crippen molar-refractivity contribution in [2.24, 2.45) is 4.99 Å². The summed E-state index contributed by atoms with van der Waals surface area (Å²) in [5, 5.41) is 2.97. The molecule has 0 fully saturated rings. The highest BCUT2D eigenvalue weighted by molar-refractivity contribution is 7.14. The average Bonchev–Trinajstić information content (AvgIpc) is 3.43. The summed E-state index contributed by atoms with van der Waals surface area (Å²) in [6, 6.07) is 9.94. The summed E-state index contributed by atoms with van der Waals surface area (Å²) in [7, 11) is 1.63. The highest BCUT2D eigenvalue weighted by atomic mass is 32.1. The minimum absolute atomic E-state index is 0.0396. The molecule has 0 spiro atoms. The van der Waals surface area contributed by atoms with Crippen LogP contribution < -0.4 is 15.7 Å². The molecule has 0 saturated heterocycles. The Morgan fingerprint density at radius 3 is 2.97 bits per heavy atom. The molecule has 0 radical (unpaired) electrons. The van der Waals surface area contributed by atoms with E-state index in [1.54, 1.807) is 29.2 Å². The predicted octanol–water partition coefficient (Wildman–Crippen LogP) is 3.15. The van der Waals surface area contributed by atoms with Crippen molar-refractivity contribution in [3.63, 3.8) is 0 Å². The van der Waals surface area contributed by atoms with Crippen LogP contribution in [0.2, 0.25) is 0 Å². The second kappa shape index (κ2) is 9.09. The maximum Gasteiger partial charge on any atom is 0.258 e. The zero-order chi connectivity index (χ0) is 22.9. The third kappa shape index (κ3) is 4.07. The van der Waals surface area contributed by atoms with E-state index in [0.29, 0.717) is 32.0 Å². The highest BCUT2D eigenvalue weighted by Gasteiger charge is 2.28. The molecule has 172 valence electrons. The van der Waals surface area contributed by atoms with E-state index in [0.717, 1.165) is 39.8 Å². The maximum atomic E-state index is 13.1. The number of benzene rings is 1. The smallest absolute Gasteiger partial charge is 0.258 e. The van der Waals surface area contributed by atoms with E-state index in [2.05, 4.69) is 29.3 Å². The van der Waals surface area contributed by atoms with Gasteiger partial charge in [-0.25, -0.2) is 15.4 Å². The van der Waals surface area contributed by atoms with Gasteiger partial charge in [-0.3, -0.25) is 9.80 Å². The Labute approximate surface area is 196 Å². The van der Waals surface area contributed by atoms with Gasteiger partial charge in [0.1, 0.15) is 12.4 Å². The van der Waals surface area contributed by atoms with Crippen molar-refractivity contribution in [3.8, 4) is 28.1 Å². The summed E-state index contributed by atoms with van der Waals surface area (Å²) in [4.78, 5) is 23.9. The van der Waals surface area contributed by atoms with Crippen molar-refractivity contribution in [2.45, 2.75) is 32.9 Å². The number of fused-ring (bicyclic) bond motifs is 3. The number of hydrazine groups is 1. The fraction of sp³-hybridized carbons (Fsp3) is 0.375. The van der Waals surface area contributed by atoms with Gasteiger partial charge < -0.3 is 14.0 Å². The summed E-state index contributed by atoms with van der Waals surface area (Å²) in [6.45, 7) is 6.40. The third-order valence-electron chi connectivity index (χ3n) is 5.79. The number of hydrogen-bond donors (Lipinski definition) is 1. The Balaban J connectivity index is 1.57. The number of nitrogens with zero attached hydrogens (tertiary/aromatic N) is 4. The first-order chi connectivity index (χ1) is 16.1. The van der Waals surface area contributed by atoms with Crippen LogP contribution in [-0.4, -0.2) is 53.4 Å². The molecule has 33 heavy (non-hydrogen) atoms. The first-order valence-corrected chi connectivity index (χ1v) is 11.9. The lowest BCUT2D eigenvalue weighted by Crippen LogP contribution is -2.42. The number of hydrogen-bond acceptors (Lipinski definition) is 8. The van der Waals surface area contributed by atoms with E-state index in [1.807, 2.05) is 30.3 Å². The molecule has 8 nitrogen and oxygen atoms in total. The average molecular weight is 466 g/mol. The van der Waals surface area contributed by atoms with Crippen LogP contribution in [-0.2, 0) is 17.7 Å². The molecule has 2 aromatic heterocycles. The lowest BCUT2D eigenvalue weighted by atomic mass is 10.0. The molecule has 3 aromatic rings. The SMILES string of the molecule is COCCn1cccc(-c2ccc3c(c2)-c2nc(C4=NCNN4C(C)C)sc2CCO3)c1=O. The number of thiazole rings is 1. The van der Waals surface area contributed by atoms with Crippen LogP contribution in [0.25, 0.3) is 22.4 Å². The minimum atomic E-state index is -0.0396. The van der Waals surface area contributed by atoms with Gasteiger partial charge in [-0.2, -0.15) is 0 Å². The highest BCUT2D eigenvalue weighted by Crippen LogP contribution is 2.40. The Kier molecular flexibility index (Phi) is 6.01. The quantitative estimate of drug-likeness (QED) is 0.602. The summed E-state index contributed by atoms with van der Waals surface area (Å²) < 4.78 is 12.8. The normalized spacial score (nSPS) is 15.2. The fourth-order valence-corrected chi connectivity index (χ4v) is 5.21. The molecule has 0 saturated carbocycles. The Bertz CT molecular complexity index is 1260. The van der Waals surface area contributed by atoms with Crippen LogP contribution in [0.5, 0.6) is 5.75 Å². The van der Waals surface area contributed by atoms with Gasteiger partial charge in [0.15, 0.2) is 10.8 Å². The van der Waals surface area contributed by atoms with E-state index in [-0.39, 0.29) is 11.6 Å². The lowest BCUT2D eigenvalue weighted by molar-refractivity contribution is 0.186. The van der Waals surface area contributed by atoms with Gasteiger partial charge in [-0.1, -0.05) is 6.07 Å². The Morgan fingerprint density at radius 2 is 2.15 bits per heavy atom. The van der Waals surface area contributed by atoms with Gasteiger partial charge in [-0.15, -0.1) is 11.3 Å². The number of pyridine rings is 1. The second-order valence-corrected chi connectivity index (χ2v) is 9.36. The predicted molar refractivity (Wildman–Crippen MR) is 130 cm³/mol. The number of rotatable bonds is 6. The van der Waals surface area contributed by atoms with Crippen LogP contribution in [0.1, 0.15) is 23.7 Å². The Hall–Kier alpha value is -3.01. The maximum absolute atomic E-state index is 13.1. The van der Waals surface area contributed by atoms with E-state index in [9.17, 15) is 4.79 Å². The molecule has 4 heterocycles. The first kappa shape index (κ1) is 21.8. The topological polar surface area (TPSA) is 81.0 Å². The van der Waals surface area contributed by atoms with Crippen molar-refractivity contribution < 1.29 is 9.47 Å². The van der Waals surface area contributed by atoms with E-state index < -0.39 is 0 Å². The molecule has 0 aliphatic carbocycles. The monoisotopic (exact) mass is 465 g/mol. The van der Waals surface area contributed by atoms with Crippen molar-refractivity contribution in [3.05, 3.63) is 56.8 Å². The molecule has 1 N–H and O–H groups in total. The molecule has 0 amide bonds. The standard InChI is InChI=1S/C24H27N5O3S/c1-15(2)29-22(25-14-26-29)23-27-21-18-13-16(6-7-19(18)32-11-8-20(21)33-23)17-5-4-9-28(24(17)30)10-12-31-3/h4-7,9,13,15,26H,8,10-12,14H2,1-3H3. The van der Waals surface area contributed by atoms with Gasteiger partial charge in [0.25, 0.3) is 5.56 Å². The zero-order valence-electron chi connectivity index (χ0n) is 19.0. The molecule has 0 atom stereocenters. The van der Waals surface area contributed by atoms with Crippen molar-refractivity contribution in [1.29, 1.82) is 0 Å². The first-order valence-electron chi connectivity index (χ1n) is 11.1. The molecule has 9 heteroatoms. The fourth-order valence-electron chi connectivity index (χ4n) is 4.15. The van der Waals surface area contributed by atoms with Crippen molar-refractivity contribution >= 4 is 17.2 Å². The molecular formula is C24H27N5O3S. The molecule has 5 rings (SSSR count). The van der Waals surface area contributed by atoms with Crippen LogP contribution in [0.3, 0.4) is 0 Å². The zero-order valence-corrected chi connectivity index (χ0v) is 19.8. The van der Waals surface area contributed by atoms with Crippen molar-refractivity contribution in [1.82, 2.24) is 20.0 Å². The molecule has 2 aliphatic heterocycles. The largest absolute Gasteiger partial charge is 0.493 e. The lowest BCUT2D eigenvalue weighted by Gasteiger charge is -2.23. The summed E-state index contributed by atoms with van der Waals surface area (Å²) in [5.41, 5.74) is 6.58. The van der Waals surface area contributed by atoms with E-state index in [4.69, 9.17) is 14.5 Å². The molecular weight excluding hydrogens is 438 g/mol. The molecule has 2 aliphatic rings. The van der Waals surface area contributed by atoms with Crippen LogP contribution in [0.15, 0.2) is 46.3 Å². The van der Waals surface area contributed by atoms with Gasteiger partial charge in [0.05, 0.1) is 18.9 Å². The molecule has 1 aromatic carbocycles. The van der Waals surface area contributed by atoms with E-state index >= 15 is 0 Å². The Morgan fingerprint density at radius 1 is 1.27 bits per heavy atom. The minimum Gasteiger partial charge on any atom is -0.493 e. The number of nitrogens with one attached hydrogen (secondary N) is 1. The van der Waals surface area contributed by atoms with Crippen LogP contribution >= 0.6 is 11.3 Å². The second-order valence-electron chi connectivity index (χ2n) is 8.28. The summed E-state index contributed by atoms with van der Waals surface area (Å²) in [5.74, 6) is 1.67. The van der Waals surface area contributed by atoms with Gasteiger partial charge in [-0.05, 0) is 43.7 Å². The number of aromatic nitrogens is 2. The van der Waals surface area contributed by atoms with Crippen molar-refractivity contribution in [2.75, 3.05) is 27.0 Å². The number of aliphatic imine (C=N–C) groups is 1. The van der Waals surface area contributed by atoms with Gasteiger partial charge in [0, 0.05) is 48.3 Å². The number of methoxy groups -OCH3 is 1. The summed E-state index contributed by atoms with van der Waals surface area (Å²) >= 11 is 1.66. The molecule has 0 bridgehead atoms. The summed E-state index contributed by atoms with van der Waals surface area (Å²) in [6.07, 6.45) is 2.58. The molecule has 0 unspecified atom stereocenters. The number of ether oxygens (including phenoxy) is 2. The third-order valence-corrected chi connectivity index (χ3v) is 6.90. The van der Waals surface area contributed by atoms with Gasteiger partial charge in [0.2, 0.25) is 0 Å². The van der Waals surface area contributed by atoms with Gasteiger partial charge >= 0.3 is 0 Å². The van der Waals surface area contributed by atoms with E-state index in [1.165, 1.54) is 4.88 Å². The van der Waals surface area contributed by atoms with Crippen LogP contribution in [0, 0.1) is 0 Å². The number of amidine groups is 1.